The highest BCUT2D eigenvalue weighted by Crippen LogP contribution is 2.28. The maximum absolute atomic E-state index is 12.9. The van der Waals surface area contributed by atoms with Crippen molar-refractivity contribution in [3.63, 3.8) is 0 Å². The lowest BCUT2D eigenvalue weighted by Crippen LogP contribution is -2.31. The topological polar surface area (TPSA) is 113 Å². The van der Waals surface area contributed by atoms with Gasteiger partial charge in [-0.25, -0.2) is 4.98 Å². The van der Waals surface area contributed by atoms with Crippen LogP contribution in [0.5, 0.6) is 11.5 Å². The molecular formula is C23H26N3O5S2-. The number of amides is 1. The molecule has 0 saturated heterocycles. The Labute approximate surface area is 199 Å². The smallest absolute Gasteiger partial charge is 0.224 e. The number of ether oxygens (including phenoxy) is 2. The number of hydrogen-bond acceptors (Lipinski definition) is 7. The van der Waals surface area contributed by atoms with Crippen LogP contribution in [0.1, 0.15) is 34.8 Å². The van der Waals surface area contributed by atoms with E-state index in [1.54, 1.807) is 38.5 Å². The number of nitrogens with one attached hydrogen (secondary N) is 2. The molecule has 1 heterocycles. The zero-order chi connectivity index (χ0) is 23.8. The van der Waals surface area contributed by atoms with Gasteiger partial charge in [0.15, 0.2) is 11.5 Å². The second kappa shape index (κ2) is 11.8. The predicted molar refractivity (Wildman–Crippen MR) is 128 cm³/mol. The molecule has 2 N–H and O–H groups in total. The molecular weight excluding hydrogens is 462 g/mol. The van der Waals surface area contributed by atoms with Crippen LogP contribution < -0.4 is 19.5 Å². The number of carbonyl (C=O) groups is 1. The van der Waals surface area contributed by atoms with Gasteiger partial charge in [0.05, 0.1) is 32.4 Å². The predicted octanol–water partition coefficient (Wildman–Crippen LogP) is 3.57. The lowest BCUT2D eigenvalue weighted by atomic mass is 10.0. The molecule has 1 unspecified atom stereocenters. The van der Waals surface area contributed by atoms with E-state index in [0.29, 0.717) is 23.6 Å². The number of carbonyl (C=O) groups excluding carboxylic acids is 1. The largest absolute Gasteiger partial charge is 0.755 e. The summed E-state index contributed by atoms with van der Waals surface area (Å²) in [5.41, 5.74) is 3.20. The number of thiazole rings is 1. The minimum atomic E-state index is -2.38. The minimum Gasteiger partial charge on any atom is -0.755 e. The zero-order valence-electron chi connectivity index (χ0n) is 18.6. The molecule has 3 rings (SSSR count). The van der Waals surface area contributed by atoms with Gasteiger partial charge >= 0.3 is 0 Å². The Morgan fingerprint density at radius 2 is 1.82 bits per heavy atom. The van der Waals surface area contributed by atoms with Crippen LogP contribution in [0.2, 0.25) is 0 Å². The highest BCUT2D eigenvalue weighted by Gasteiger charge is 2.19. The summed E-state index contributed by atoms with van der Waals surface area (Å²) in [4.78, 5) is 17.6. The van der Waals surface area contributed by atoms with E-state index < -0.39 is 11.3 Å². The first-order valence-corrected chi connectivity index (χ1v) is 12.3. The number of aryl methyl sites for hydroxylation is 1. The third-order valence-electron chi connectivity index (χ3n) is 4.97. The number of hydrogen-bond donors (Lipinski definition) is 2. The highest BCUT2D eigenvalue weighted by atomic mass is 32.2. The fourth-order valence-corrected chi connectivity index (χ4v) is 4.59. The lowest BCUT2D eigenvalue weighted by molar-refractivity contribution is -0.121. The molecule has 10 heteroatoms. The second-order valence-electron chi connectivity index (χ2n) is 7.25. The SMILES string of the molecule is CCc1csc([C@H](Cc2ccc(NS(=O)[O-])cc2)NC(=O)Cc2ccc(OC)c(OC)c2)n1. The molecule has 33 heavy (non-hydrogen) atoms. The number of benzene rings is 2. The summed E-state index contributed by atoms with van der Waals surface area (Å²) in [6.07, 6.45) is 1.52. The Morgan fingerprint density at radius 3 is 2.42 bits per heavy atom. The van der Waals surface area contributed by atoms with Crippen molar-refractivity contribution in [3.05, 3.63) is 69.7 Å². The van der Waals surface area contributed by atoms with Gasteiger partial charge in [0.1, 0.15) is 5.01 Å². The second-order valence-corrected chi connectivity index (χ2v) is 8.82. The summed E-state index contributed by atoms with van der Waals surface area (Å²) in [5.74, 6) is 1.04. The van der Waals surface area contributed by atoms with E-state index in [1.807, 2.05) is 30.5 Å². The first-order chi connectivity index (χ1) is 15.9. The first-order valence-electron chi connectivity index (χ1n) is 10.3. The van der Waals surface area contributed by atoms with Crippen molar-refractivity contribution < 1.29 is 23.0 Å². The van der Waals surface area contributed by atoms with E-state index in [9.17, 15) is 13.6 Å². The van der Waals surface area contributed by atoms with Crippen molar-refractivity contribution in [2.75, 3.05) is 18.9 Å². The van der Waals surface area contributed by atoms with Gasteiger partial charge in [0.2, 0.25) is 5.91 Å². The van der Waals surface area contributed by atoms with Gasteiger partial charge in [-0.3, -0.25) is 9.00 Å². The Balaban J connectivity index is 1.75. The third kappa shape index (κ3) is 7.01. The van der Waals surface area contributed by atoms with Gasteiger partial charge < -0.3 is 24.1 Å². The van der Waals surface area contributed by atoms with Gasteiger partial charge in [0, 0.05) is 22.3 Å². The molecule has 8 nitrogen and oxygen atoms in total. The van der Waals surface area contributed by atoms with Crippen LogP contribution in [0.15, 0.2) is 47.8 Å². The molecule has 3 aromatic rings. The molecule has 2 aromatic carbocycles. The van der Waals surface area contributed by atoms with Crippen LogP contribution in [-0.4, -0.2) is 33.9 Å². The third-order valence-corrected chi connectivity index (χ3v) is 6.38. The summed E-state index contributed by atoms with van der Waals surface area (Å²) in [6, 6.07) is 12.1. The van der Waals surface area contributed by atoms with Crippen molar-refractivity contribution in [1.29, 1.82) is 0 Å². The molecule has 1 aromatic heterocycles. The minimum absolute atomic E-state index is 0.138. The molecule has 0 aliphatic heterocycles. The molecule has 0 fully saturated rings. The first kappa shape index (κ1) is 24.7. The maximum Gasteiger partial charge on any atom is 0.224 e. The molecule has 2 atom stereocenters. The van der Waals surface area contributed by atoms with Gasteiger partial charge in [-0.15, -0.1) is 11.3 Å². The number of rotatable bonds is 11. The van der Waals surface area contributed by atoms with Crippen molar-refractivity contribution in [2.45, 2.75) is 32.2 Å². The Kier molecular flexibility index (Phi) is 8.81. The monoisotopic (exact) mass is 488 g/mol. The summed E-state index contributed by atoms with van der Waals surface area (Å²) in [5, 5.41) is 5.93. The number of nitrogens with zero attached hydrogens (tertiary/aromatic N) is 1. The molecule has 0 aliphatic carbocycles. The van der Waals surface area contributed by atoms with E-state index in [0.717, 1.165) is 28.2 Å². The number of anilines is 1. The lowest BCUT2D eigenvalue weighted by Gasteiger charge is -2.18. The van der Waals surface area contributed by atoms with Crippen LogP contribution in [-0.2, 0) is 35.3 Å². The average molecular weight is 489 g/mol. The average Bonchev–Trinajstić information content (AvgIpc) is 3.29. The molecule has 0 radical (unpaired) electrons. The molecule has 0 spiro atoms. The van der Waals surface area contributed by atoms with Crippen LogP contribution in [0.4, 0.5) is 5.69 Å². The molecule has 176 valence electrons. The van der Waals surface area contributed by atoms with Gasteiger partial charge in [0.25, 0.3) is 0 Å². The van der Waals surface area contributed by atoms with E-state index in [1.165, 1.54) is 11.3 Å². The summed E-state index contributed by atoms with van der Waals surface area (Å²) in [6.45, 7) is 2.04. The fourth-order valence-electron chi connectivity index (χ4n) is 3.31. The summed E-state index contributed by atoms with van der Waals surface area (Å²) < 4.78 is 34.5. The molecule has 0 bridgehead atoms. The van der Waals surface area contributed by atoms with Crippen LogP contribution in [0.3, 0.4) is 0 Å². The van der Waals surface area contributed by atoms with E-state index >= 15 is 0 Å². The molecule has 0 saturated carbocycles. The van der Waals surface area contributed by atoms with Crippen molar-refractivity contribution >= 4 is 34.2 Å². The van der Waals surface area contributed by atoms with Crippen molar-refractivity contribution in [1.82, 2.24) is 10.3 Å². The van der Waals surface area contributed by atoms with Crippen LogP contribution in [0, 0.1) is 0 Å². The Morgan fingerprint density at radius 1 is 1.12 bits per heavy atom. The van der Waals surface area contributed by atoms with Gasteiger partial charge in [-0.05, 0) is 48.2 Å². The van der Waals surface area contributed by atoms with Crippen LogP contribution >= 0.6 is 11.3 Å². The van der Waals surface area contributed by atoms with Gasteiger partial charge in [-0.1, -0.05) is 25.1 Å². The Bertz CT molecular complexity index is 1100. The van der Waals surface area contributed by atoms with Crippen molar-refractivity contribution in [2.24, 2.45) is 0 Å². The maximum atomic E-state index is 12.9. The number of methoxy groups -OCH3 is 2. The normalized spacial score (nSPS) is 12.6. The molecule has 1 amide bonds. The fraction of sp³-hybridized carbons (Fsp3) is 0.304. The van der Waals surface area contributed by atoms with Gasteiger partial charge in [-0.2, -0.15) is 0 Å². The summed E-state index contributed by atoms with van der Waals surface area (Å²) >= 11 is -0.860. The Hall–Kier alpha value is -2.95. The van der Waals surface area contributed by atoms with E-state index in [2.05, 4.69) is 15.0 Å². The van der Waals surface area contributed by atoms with Crippen LogP contribution in [0.25, 0.3) is 0 Å². The van der Waals surface area contributed by atoms with Crippen molar-refractivity contribution in [3.8, 4) is 11.5 Å². The molecule has 0 aliphatic rings. The van der Waals surface area contributed by atoms with E-state index in [-0.39, 0.29) is 18.4 Å². The van der Waals surface area contributed by atoms with E-state index in [4.69, 9.17) is 9.47 Å². The quantitative estimate of drug-likeness (QED) is 0.399. The highest BCUT2D eigenvalue weighted by molar-refractivity contribution is 7.80. The summed E-state index contributed by atoms with van der Waals surface area (Å²) in [7, 11) is 3.12. The zero-order valence-corrected chi connectivity index (χ0v) is 20.3. The standard InChI is InChI=1S/C23H27N3O5S2/c1-4-17-14-32-23(24-17)19(11-15-5-8-18(9-6-15)26-33(28)29)25-22(27)13-16-7-10-20(30-2)21(12-16)31-3/h5-10,12,14,19,26H,4,11,13H2,1-3H3,(H,25,27)(H,28,29)/p-1/t19-/m0/s1. The number of aromatic nitrogens is 1.